The number of aryl methyl sites for hydroxylation is 2. The fourth-order valence-corrected chi connectivity index (χ4v) is 2.60. The van der Waals surface area contributed by atoms with Gasteiger partial charge in [-0.15, -0.1) is 0 Å². The van der Waals surface area contributed by atoms with Crippen molar-refractivity contribution in [2.45, 2.75) is 26.4 Å². The molecule has 0 bridgehead atoms. The molecule has 1 unspecified atom stereocenters. The van der Waals surface area contributed by atoms with Crippen molar-refractivity contribution in [2.24, 2.45) is 0 Å². The number of halogens is 3. The van der Waals surface area contributed by atoms with Crippen molar-refractivity contribution >= 4 is 15.9 Å². The van der Waals surface area contributed by atoms with Crippen LogP contribution in [-0.4, -0.2) is 5.11 Å². The molecule has 0 aliphatic rings. The van der Waals surface area contributed by atoms with E-state index in [1.807, 2.05) is 32.0 Å². The predicted molar refractivity (Wildman–Crippen MR) is 78.6 cm³/mol. The maximum absolute atomic E-state index is 13.8. The lowest BCUT2D eigenvalue weighted by atomic mass is 9.96. The average Bonchev–Trinajstić information content (AvgIpc) is 2.32. The maximum Gasteiger partial charge on any atom is 0.133 e. The third kappa shape index (κ3) is 3.25. The molecule has 1 nitrogen and oxygen atoms in total. The summed E-state index contributed by atoms with van der Waals surface area (Å²) in [6.07, 6.45) is -1.02. The van der Waals surface area contributed by atoms with Crippen LogP contribution in [0.5, 0.6) is 0 Å². The second kappa shape index (κ2) is 6.02. The van der Waals surface area contributed by atoms with Gasteiger partial charge in [-0.25, -0.2) is 8.78 Å². The zero-order valence-electron chi connectivity index (χ0n) is 11.3. The highest BCUT2D eigenvalue weighted by Gasteiger charge is 2.20. The molecule has 106 valence electrons. The topological polar surface area (TPSA) is 20.2 Å². The standard InChI is InChI=1S/C16H15BrF2O/c1-9-3-4-10(2)11(5-9)6-15(20)16-13(18)7-12(17)8-14(16)19/h3-5,7-8,15,20H,6H2,1-2H3. The average molecular weight is 341 g/mol. The van der Waals surface area contributed by atoms with E-state index in [1.165, 1.54) is 0 Å². The van der Waals surface area contributed by atoms with E-state index < -0.39 is 17.7 Å². The molecule has 0 spiro atoms. The third-order valence-electron chi connectivity index (χ3n) is 3.29. The zero-order valence-corrected chi connectivity index (χ0v) is 12.8. The van der Waals surface area contributed by atoms with Gasteiger partial charge in [-0.3, -0.25) is 0 Å². The van der Waals surface area contributed by atoms with Gasteiger partial charge in [-0.2, -0.15) is 0 Å². The van der Waals surface area contributed by atoms with E-state index in [4.69, 9.17) is 0 Å². The quantitative estimate of drug-likeness (QED) is 0.864. The Morgan fingerprint density at radius 1 is 1.10 bits per heavy atom. The summed E-state index contributed by atoms with van der Waals surface area (Å²) < 4.78 is 27.9. The minimum atomic E-state index is -1.20. The first-order valence-corrected chi connectivity index (χ1v) is 7.06. The number of hydrogen-bond acceptors (Lipinski definition) is 1. The molecule has 0 saturated carbocycles. The summed E-state index contributed by atoms with van der Waals surface area (Å²) in [5.41, 5.74) is 2.65. The van der Waals surface area contributed by atoms with Crippen molar-refractivity contribution in [2.75, 3.05) is 0 Å². The van der Waals surface area contributed by atoms with Gasteiger partial charge in [0.15, 0.2) is 0 Å². The molecule has 1 N–H and O–H groups in total. The van der Waals surface area contributed by atoms with Gasteiger partial charge < -0.3 is 5.11 Å². The van der Waals surface area contributed by atoms with Crippen LogP contribution in [0.25, 0.3) is 0 Å². The van der Waals surface area contributed by atoms with Crippen LogP contribution in [0.4, 0.5) is 8.78 Å². The fraction of sp³-hybridized carbons (Fsp3) is 0.250. The number of hydrogen-bond donors (Lipinski definition) is 1. The van der Waals surface area contributed by atoms with Gasteiger partial charge in [0.25, 0.3) is 0 Å². The normalized spacial score (nSPS) is 12.5. The Kier molecular flexibility index (Phi) is 4.55. The van der Waals surface area contributed by atoms with Crippen LogP contribution in [0, 0.1) is 25.5 Å². The summed E-state index contributed by atoms with van der Waals surface area (Å²) >= 11 is 3.02. The highest BCUT2D eigenvalue weighted by Crippen LogP contribution is 2.28. The van der Waals surface area contributed by atoms with E-state index in [2.05, 4.69) is 15.9 Å². The van der Waals surface area contributed by atoms with Crippen molar-refractivity contribution in [1.29, 1.82) is 0 Å². The van der Waals surface area contributed by atoms with Crippen LogP contribution < -0.4 is 0 Å². The largest absolute Gasteiger partial charge is 0.388 e. The first-order valence-electron chi connectivity index (χ1n) is 6.27. The maximum atomic E-state index is 13.8. The van der Waals surface area contributed by atoms with Gasteiger partial charge in [0.1, 0.15) is 11.6 Å². The molecular weight excluding hydrogens is 326 g/mol. The van der Waals surface area contributed by atoms with Gasteiger partial charge in [0.05, 0.1) is 11.7 Å². The monoisotopic (exact) mass is 340 g/mol. The number of aliphatic hydroxyl groups excluding tert-OH is 1. The Balaban J connectivity index is 2.33. The Morgan fingerprint density at radius 3 is 2.30 bits per heavy atom. The smallest absolute Gasteiger partial charge is 0.133 e. The lowest BCUT2D eigenvalue weighted by Gasteiger charge is -2.15. The zero-order chi connectivity index (χ0) is 14.9. The van der Waals surface area contributed by atoms with Crippen LogP contribution in [0.2, 0.25) is 0 Å². The van der Waals surface area contributed by atoms with Crippen LogP contribution in [0.1, 0.15) is 28.4 Å². The van der Waals surface area contributed by atoms with Crippen molar-refractivity contribution < 1.29 is 13.9 Å². The van der Waals surface area contributed by atoms with Gasteiger partial charge in [-0.1, -0.05) is 39.7 Å². The SMILES string of the molecule is Cc1ccc(C)c(CC(O)c2c(F)cc(Br)cc2F)c1. The summed E-state index contributed by atoms with van der Waals surface area (Å²) in [6.45, 7) is 3.85. The molecule has 0 heterocycles. The van der Waals surface area contributed by atoms with Gasteiger partial charge >= 0.3 is 0 Å². The van der Waals surface area contributed by atoms with Crippen molar-refractivity contribution in [3.05, 3.63) is 68.7 Å². The molecule has 1 atom stereocenters. The van der Waals surface area contributed by atoms with Crippen LogP contribution >= 0.6 is 15.9 Å². The van der Waals surface area contributed by atoms with Crippen molar-refractivity contribution in [1.82, 2.24) is 0 Å². The second-order valence-electron chi connectivity index (χ2n) is 4.93. The third-order valence-corrected chi connectivity index (χ3v) is 3.75. The van der Waals surface area contributed by atoms with Crippen LogP contribution in [-0.2, 0) is 6.42 Å². The summed E-state index contributed by atoms with van der Waals surface area (Å²) in [5, 5.41) is 10.1. The fourth-order valence-electron chi connectivity index (χ4n) is 2.20. The van der Waals surface area contributed by atoms with E-state index in [0.29, 0.717) is 4.47 Å². The lowest BCUT2D eigenvalue weighted by molar-refractivity contribution is 0.168. The highest BCUT2D eigenvalue weighted by atomic mass is 79.9. The number of aliphatic hydroxyl groups is 1. The van der Waals surface area contributed by atoms with E-state index in [-0.39, 0.29) is 12.0 Å². The van der Waals surface area contributed by atoms with Gasteiger partial charge in [0, 0.05) is 10.9 Å². The molecule has 20 heavy (non-hydrogen) atoms. The Labute approximate surface area is 125 Å². The molecule has 2 aromatic carbocycles. The van der Waals surface area contributed by atoms with Crippen LogP contribution in [0.3, 0.4) is 0 Å². The van der Waals surface area contributed by atoms with E-state index in [0.717, 1.165) is 28.8 Å². The number of rotatable bonds is 3. The van der Waals surface area contributed by atoms with Gasteiger partial charge in [0.2, 0.25) is 0 Å². The molecule has 0 radical (unpaired) electrons. The minimum absolute atomic E-state index is 0.184. The Bertz CT molecular complexity index is 617. The molecule has 0 aromatic heterocycles. The molecule has 0 amide bonds. The molecule has 0 fully saturated rings. The van der Waals surface area contributed by atoms with E-state index in [9.17, 15) is 13.9 Å². The lowest BCUT2D eigenvalue weighted by Crippen LogP contribution is -2.08. The molecule has 0 aliphatic carbocycles. The minimum Gasteiger partial charge on any atom is -0.388 e. The highest BCUT2D eigenvalue weighted by molar-refractivity contribution is 9.10. The molecule has 0 saturated heterocycles. The van der Waals surface area contributed by atoms with Gasteiger partial charge in [-0.05, 0) is 37.1 Å². The summed E-state index contributed by atoms with van der Waals surface area (Å²) in [7, 11) is 0. The Morgan fingerprint density at radius 2 is 1.70 bits per heavy atom. The summed E-state index contributed by atoms with van der Waals surface area (Å²) in [6, 6.07) is 8.14. The first kappa shape index (κ1) is 15.1. The Hall–Kier alpha value is -1.26. The van der Waals surface area contributed by atoms with Crippen molar-refractivity contribution in [3.8, 4) is 0 Å². The van der Waals surface area contributed by atoms with E-state index >= 15 is 0 Å². The number of benzene rings is 2. The second-order valence-corrected chi connectivity index (χ2v) is 5.85. The summed E-state index contributed by atoms with van der Waals surface area (Å²) in [4.78, 5) is 0. The molecule has 2 rings (SSSR count). The summed E-state index contributed by atoms with van der Waals surface area (Å²) in [5.74, 6) is -1.48. The molecule has 2 aromatic rings. The molecular formula is C16H15BrF2O. The predicted octanol–water partition coefficient (Wildman–Crippen LogP) is 4.62. The molecule has 0 aliphatic heterocycles. The molecule has 4 heteroatoms. The van der Waals surface area contributed by atoms with Crippen LogP contribution in [0.15, 0.2) is 34.8 Å². The van der Waals surface area contributed by atoms with E-state index in [1.54, 1.807) is 0 Å². The van der Waals surface area contributed by atoms with Crippen molar-refractivity contribution in [3.63, 3.8) is 0 Å². The first-order chi connectivity index (χ1) is 9.38.